The molecule has 0 spiro atoms. The van der Waals surface area contributed by atoms with Crippen LogP contribution in [0, 0.1) is 12.7 Å². The number of Topliss-reactive ketones (excluding diaryl/α,β-unsaturated/α-hetero) is 1. The van der Waals surface area contributed by atoms with E-state index in [0.717, 1.165) is 0 Å². The predicted molar refractivity (Wildman–Crippen MR) is 80.7 cm³/mol. The summed E-state index contributed by atoms with van der Waals surface area (Å²) < 4.78 is 18.8. The van der Waals surface area contributed by atoms with Gasteiger partial charge in [0.25, 0.3) is 0 Å². The number of benzene rings is 1. The molecule has 0 N–H and O–H groups in total. The van der Waals surface area contributed by atoms with Crippen molar-refractivity contribution in [1.29, 1.82) is 0 Å². The maximum absolute atomic E-state index is 13.4. The summed E-state index contributed by atoms with van der Waals surface area (Å²) in [5.41, 5.74) is 0.511. The van der Waals surface area contributed by atoms with Crippen LogP contribution in [0.1, 0.15) is 12.5 Å². The van der Waals surface area contributed by atoms with Crippen molar-refractivity contribution in [3.63, 3.8) is 0 Å². The molecular formula is C15H13ClFNO2S. The van der Waals surface area contributed by atoms with Crippen molar-refractivity contribution in [3.8, 4) is 5.88 Å². The smallest absolute Gasteiger partial charge is 0.228 e. The van der Waals surface area contributed by atoms with Gasteiger partial charge < -0.3 is 4.74 Å². The highest BCUT2D eigenvalue weighted by Crippen LogP contribution is 2.38. The maximum Gasteiger partial charge on any atom is 0.228 e. The second-order valence-corrected chi connectivity index (χ2v) is 5.92. The lowest BCUT2D eigenvalue weighted by Gasteiger charge is -2.10. The number of aromatic nitrogens is 1. The molecule has 21 heavy (non-hydrogen) atoms. The molecule has 6 heteroatoms. The minimum atomic E-state index is -0.344. The fraction of sp³-hybridized carbons (Fsp3) is 0.200. The molecule has 0 unspecified atom stereocenters. The number of hydrogen-bond acceptors (Lipinski definition) is 4. The molecule has 2 aromatic rings. The lowest BCUT2D eigenvalue weighted by Crippen LogP contribution is -2.08. The molecule has 0 amide bonds. The average Bonchev–Trinajstić information content (AvgIpc) is 2.43. The zero-order chi connectivity index (χ0) is 15.4. The summed E-state index contributed by atoms with van der Waals surface area (Å²) in [7, 11) is 0. The molecule has 1 heterocycles. The summed E-state index contributed by atoms with van der Waals surface area (Å²) in [4.78, 5) is 16.5. The van der Waals surface area contributed by atoms with E-state index >= 15 is 0 Å². The van der Waals surface area contributed by atoms with Gasteiger partial charge >= 0.3 is 0 Å². The van der Waals surface area contributed by atoms with Crippen LogP contribution in [0.5, 0.6) is 5.88 Å². The van der Waals surface area contributed by atoms with Gasteiger partial charge in [-0.2, -0.15) is 0 Å². The number of hydrogen-bond donors (Lipinski definition) is 0. The number of ether oxygens (including phenoxy) is 1. The van der Waals surface area contributed by atoms with E-state index in [1.54, 1.807) is 25.3 Å². The molecule has 1 aromatic carbocycles. The van der Waals surface area contributed by atoms with Gasteiger partial charge in [0.1, 0.15) is 12.4 Å². The predicted octanol–water partition coefficient (Wildman–Crippen LogP) is 4.30. The SMILES string of the molecule is CC(=O)COc1ncccc1Sc1cc(C)c(F)cc1Cl. The molecule has 3 nitrogen and oxygen atoms in total. The molecule has 0 saturated carbocycles. The van der Waals surface area contributed by atoms with Crippen LogP contribution < -0.4 is 4.74 Å². The highest BCUT2D eigenvalue weighted by molar-refractivity contribution is 7.99. The van der Waals surface area contributed by atoms with Gasteiger partial charge in [0.05, 0.1) is 9.92 Å². The summed E-state index contributed by atoms with van der Waals surface area (Å²) in [6.07, 6.45) is 1.58. The summed E-state index contributed by atoms with van der Waals surface area (Å²) in [6.45, 7) is 3.07. The lowest BCUT2D eigenvalue weighted by molar-refractivity contribution is -0.119. The van der Waals surface area contributed by atoms with Crippen LogP contribution in [0.4, 0.5) is 4.39 Å². The maximum atomic E-state index is 13.4. The molecule has 0 saturated heterocycles. The molecule has 0 fully saturated rings. The van der Waals surface area contributed by atoms with E-state index in [-0.39, 0.29) is 18.2 Å². The van der Waals surface area contributed by atoms with E-state index < -0.39 is 0 Å². The minimum Gasteiger partial charge on any atom is -0.469 e. The Hall–Kier alpha value is -1.59. The Morgan fingerprint density at radius 2 is 2.19 bits per heavy atom. The van der Waals surface area contributed by atoms with Crippen LogP contribution in [0.25, 0.3) is 0 Å². The number of pyridine rings is 1. The van der Waals surface area contributed by atoms with Crippen LogP contribution in [-0.2, 0) is 4.79 Å². The summed E-state index contributed by atoms with van der Waals surface area (Å²) in [5.74, 6) is -0.0772. The van der Waals surface area contributed by atoms with Gasteiger partial charge in [0, 0.05) is 11.1 Å². The minimum absolute atomic E-state index is 0.0409. The van der Waals surface area contributed by atoms with Crippen molar-refractivity contribution in [3.05, 3.63) is 46.9 Å². The Morgan fingerprint density at radius 3 is 2.90 bits per heavy atom. The molecule has 0 aliphatic heterocycles. The van der Waals surface area contributed by atoms with E-state index in [0.29, 0.717) is 26.3 Å². The van der Waals surface area contributed by atoms with Crippen molar-refractivity contribution in [2.24, 2.45) is 0 Å². The number of halogens is 2. The molecule has 110 valence electrons. The molecule has 0 atom stereocenters. The first kappa shape index (κ1) is 15.8. The molecule has 0 aliphatic carbocycles. The third-order valence-electron chi connectivity index (χ3n) is 2.58. The molecular weight excluding hydrogens is 313 g/mol. The highest BCUT2D eigenvalue weighted by Gasteiger charge is 2.12. The highest BCUT2D eigenvalue weighted by atomic mass is 35.5. The standard InChI is InChI=1S/C15H13ClFNO2S/c1-9-6-14(11(16)7-12(9)17)21-13-4-3-5-18-15(13)20-8-10(2)19/h3-7H,8H2,1-2H3. The Kier molecular flexibility index (Phi) is 5.20. The summed E-state index contributed by atoms with van der Waals surface area (Å²) >= 11 is 7.37. The molecule has 1 aromatic heterocycles. The van der Waals surface area contributed by atoms with Crippen LogP contribution in [0.3, 0.4) is 0 Å². The largest absolute Gasteiger partial charge is 0.469 e. The average molecular weight is 326 g/mol. The van der Waals surface area contributed by atoms with Gasteiger partial charge in [-0.25, -0.2) is 9.37 Å². The zero-order valence-electron chi connectivity index (χ0n) is 11.5. The zero-order valence-corrected chi connectivity index (χ0v) is 13.1. The van der Waals surface area contributed by atoms with E-state index in [1.807, 2.05) is 6.07 Å². The van der Waals surface area contributed by atoms with Crippen molar-refractivity contribution in [2.75, 3.05) is 6.61 Å². The van der Waals surface area contributed by atoms with E-state index in [1.165, 1.54) is 24.8 Å². The Balaban J connectivity index is 2.27. The third-order valence-corrected chi connectivity index (χ3v) is 4.09. The topological polar surface area (TPSA) is 39.2 Å². The first-order valence-electron chi connectivity index (χ1n) is 6.18. The van der Waals surface area contributed by atoms with Crippen LogP contribution in [-0.4, -0.2) is 17.4 Å². The number of aryl methyl sites for hydroxylation is 1. The molecule has 0 radical (unpaired) electrons. The van der Waals surface area contributed by atoms with Crippen molar-refractivity contribution in [1.82, 2.24) is 4.98 Å². The second kappa shape index (κ2) is 6.91. The van der Waals surface area contributed by atoms with E-state index in [2.05, 4.69) is 4.98 Å². The second-order valence-electron chi connectivity index (χ2n) is 4.43. The number of ketones is 1. The van der Waals surface area contributed by atoms with Gasteiger partial charge in [-0.1, -0.05) is 23.4 Å². The van der Waals surface area contributed by atoms with Gasteiger partial charge in [0.15, 0.2) is 5.78 Å². The van der Waals surface area contributed by atoms with Gasteiger partial charge in [-0.3, -0.25) is 4.79 Å². The van der Waals surface area contributed by atoms with Crippen molar-refractivity contribution < 1.29 is 13.9 Å². The molecule has 0 bridgehead atoms. The number of carbonyl (C=O) groups is 1. The quantitative estimate of drug-likeness (QED) is 0.821. The molecule has 0 aliphatic rings. The van der Waals surface area contributed by atoms with Crippen molar-refractivity contribution in [2.45, 2.75) is 23.6 Å². The molecule has 2 rings (SSSR count). The summed E-state index contributed by atoms with van der Waals surface area (Å²) in [6, 6.07) is 6.52. The Labute approximate surface area is 131 Å². The van der Waals surface area contributed by atoms with Crippen molar-refractivity contribution >= 4 is 29.1 Å². The normalized spacial score (nSPS) is 10.5. The monoisotopic (exact) mass is 325 g/mol. The van der Waals surface area contributed by atoms with Crippen LogP contribution >= 0.6 is 23.4 Å². The number of nitrogens with zero attached hydrogens (tertiary/aromatic N) is 1. The lowest BCUT2D eigenvalue weighted by atomic mass is 10.2. The van der Waals surface area contributed by atoms with E-state index in [4.69, 9.17) is 16.3 Å². The van der Waals surface area contributed by atoms with Gasteiger partial charge in [-0.15, -0.1) is 0 Å². The van der Waals surface area contributed by atoms with Crippen LogP contribution in [0.15, 0.2) is 40.3 Å². The van der Waals surface area contributed by atoms with E-state index in [9.17, 15) is 9.18 Å². The van der Waals surface area contributed by atoms with Gasteiger partial charge in [-0.05, 0) is 43.7 Å². The first-order valence-corrected chi connectivity index (χ1v) is 7.37. The van der Waals surface area contributed by atoms with Crippen LogP contribution in [0.2, 0.25) is 5.02 Å². The Bertz CT molecular complexity index is 679. The fourth-order valence-corrected chi connectivity index (χ4v) is 2.80. The third kappa shape index (κ3) is 4.19. The summed E-state index contributed by atoms with van der Waals surface area (Å²) in [5, 5.41) is 0.324. The number of rotatable bonds is 5. The van der Waals surface area contributed by atoms with Gasteiger partial charge in [0.2, 0.25) is 5.88 Å². The Morgan fingerprint density at radius 1 is 1.43 bits per heavy atom. The fourth-order valence-electron chi connectivity index (χ4n) is 1.56. The first-order chi connectivity index (χ1) is 9.97. The number of carbonyl (C=O) groups excluding carboxylic acids is 1.